The van der Waals surface area contributed by atoms with E-state index < -0.39 is 23.5 Å². The highest BCUT2D eigenvalue weighted by Crippen LogP contribution is 2.56. The molecular formula is C21H21N3O6S. The fourth-order valence-corrected chi connectivity index (χ4v) is 6.00. The molecule has 9 nitrogen and oxygen atoms in total. The van der Waals surface area contributed by atoms with Crippen LogP contribution >= 0.6 is 11.8 Å². The fraction of sp³-hybridized carbons (Fsp3) is 0.381. The summed E-state index contributed by atoms with van der Waals surface area (Å²) in [5, 5.41) is 3.33. The van der Waals surface area contributed by atoms with E-state index in [-0.39, 0.29) is 46.4 Å². The first-order valence-electron chi connectivity index (χ1n) is 9.79. The summed E-state index contributed by atoms with van der Waals surface area (Å²) in [6, 6.07) is 9.35. The van der Waals surface area contributed by atoms with Gasteiger partial charge in [-0.2, -0.15) is 0 Å². The van der Waals surface area contributed by atoms with Gasteiger partial charge < -0.3 is 30.2 Å². The molecule has 1 aromatic carbocycles. The molecule has 31 heavy (non-hydrogen) atoms. The van der Waals surface area contributed by atoms with Gasteiger partial charge in [0.05, 0.1) is 24.8 Å². The first-order chi connectivity index (χ1) is 14.9. The molecule has 0 bridgehead atoms. The highest BCUT2D eigenvalue weighted by atomic mass is 32.2. The minimum Gasteiger partial charge on any atom is -0.491 e. The number of nitrogens with zero attached hydrogens (tertiary/aromatic N) is 1. The normalized spacial score (nSPS) is 30.9. The van der Waals surface area contributed by atoms with Crippen LogP contribution in [0.4, 0.5) is 4.79 Å². The average Bonchev–Trinajstić information content (AvgIpc) is 3.37. The standard InChI is InChI=1S/C21H21N3O6S/c1-28-17-15(25)13-11(9-30-20(22)27)21(29-2)19-12(23-19)8-24(21)14(13)16(26)18(17)31-10-6-4-3-5-7-10/h3-7,11-12,19,23H,8-9H2,1-2H3,(H2,22,27)/t11-,12+,19+,21-/m1/s1. The number of carbonyl (C=O) groups is 3. The summed E-state index contributed by atoms with van der Waals surface area (Å²) in [7, 11) is 2.90. The Morgan fingerprint density at radius 3 is 2.65 bits per heavy atom. The Morgan fingerprint density at radius 2 is 2.00 bits per heavy atom. The van der Waals surface area contributed by atoms with E-state index in [0.717, 1.165) is 4.90 Å². The number of fused-ring (bicyclic) bond motifs is 4. The SMILES string of the molecule is COC1=C(Sc2ccccc2)C(=O)C2=C(C1=O)[C@@H](COC(N)=O)[C@@]1(OC)[C@H]3N[C@H]3CN21. The van der Waals surface area contributed by atoms with Gasteiger partial charge in [-0.1, -0.05) is 30.0 Å². The molecule has 162 valence electrons. The second-order valence-corrected chi connectivity index (χ2v) is 8.78. The van der Waals surface area contributed by atoms with Crippen LogP contribution in [0.5, 0.6) is 0 Å². The van der Waals surface area contributed by atoms with E-state index in [1.165, 1.54) is 26.0 Å². The summed E-state index contributed by atoms with van der Waals surface area (Å²) in [4.78, 5) is 41.5. The number of methoxy groups -OCH3 is 2. The van der Waals surface area contributed by atoms with Crippen molar-refractivity contribution in [2.24, 2.45) is 11.7 Å². The molecule has 3 aliphatic heterocycles. The van der Waals surface area contributed by atoms with Gasteiger partial charge in [0.25, 0.3) is 0 Å². The van der Waals surface area contributed by atoms with Crippen LogP contribution in [-0.4, -0.2) is 67.7 Å². The van der Waals surface area contributed by atoms with E-state index in [4.69, 9.17) is 19.9 Å². The first-order valence-corrected chi connectivity index (χ1v) is 10.6. The first kappa shape index (κ1) is 20.1. The van der Waals surface area contributed by atoms with Gasteiger partial charge in [-0.15, -0.1) is 0 Å². The van der Waals surface area contributed by atoms with Gasteiger partial charge in [0.2, 0.25) is 11.6 Å². The number of piperazine rings is 1. The van der Waals surface area contributed by atoms with Gasteiger partial charge in [0.1, 0.15) is 11.5 Å². The molecule has 3 N–H and O–H groups in total. The van der Waals surface area contributed by atoms with Crippen LogP contribution in [0.3, 0.4) is 0 Å². The van der Waals surface area contributed by atoms with Crippen molar-refractivity contribution in [2.75, 3.05) is 27.4 Å². The fourth-order valence-electron chi connectivity index (χ4n) is 5.02. The molecule has 4 atom stereocenters. The number of hydrogen-bond acceptors (Lipinski definition) is 9. The van der Waals surface area contributed by atoms with Gasteiger partial charge >= 0.3 is 6.09 Å². The predicted molar refractivity (Wildman–Crippen MR) is 110 cm³/mol. The molecule has 0 unspecified atom stereocenters. The molecule has 4 aliphatic rings. The summed E-state index contributed by atoms with van der Waals surface area (Å²) in [5.74, 6) is -1.41. The van der Waals surface area contributed by atoms with E-state index in [1.807, 2.05) is 35.2 Å². The summed E-state index contributed by atoms with van der Waals surface area (Å²) in [6.45, 7) is 0.329. The maximum atomic E-state index is 13.7. The molecule has 5 rings (SSSR count). The topological polar surface area (TPSA) is 130 Å². The third-order valence-corrected chi connectivity index (χ3v) is 7.35. The van der Waals surface area contributed by atoms with Crippen molar-refractivity contribution in [1.29, 1.82) is 0 Å². The molecule has 1 aliphatic carbocycles. The van der Waals surface area contributed by atoms with Crippen molar-refractivity contribution in [1.82, 2.24) is 10.2 Å². The molecule has 1 aromatic rings. The lowest BCUT2D eigenvalue weighted by Gasteiger charge is -2.39. The number of primary amides is 1. The molecule has 3 heterocycles. The third-order valence-electron chi connectivity index (χ3n) is 6.27. The molecule has 2 saturated heterocycles. The number of thioether (sulfide) groups is 1. The zero-order valence-corrected chi connectivity index (χ0v) is 17.7. The van der Waals surface area contributed by atoms with Crippen LogP contribution in [0.1, 0.15) is 0 Å². The summed E-state index contributed by atoms with van der Waals surface area (Å²) < 4.78 is 16.5. The second-order valence-electron chi connectivity index (χ2n) is 7.70. The van der Waals surface area contributed by atoms with Crippen molar-refractivity contribution in [3.05, 3.63) is 52.3 Å². The third kappa shape index (κ3) is 2.75. The molecule has 0 saturated carbocycles. The van der Waals surface area contributed by atoms with Crippen LogP contribution in [0.2, 0.25) is 0 Å². The van der Waals surface area contributed by atoms with E-state index in [2.05, 4.69) is 5.32 Å². The summed E-state index contributed by atoms with van der Waals surface area (Å²) in [6.07, 6.45) is -0.956. The number of benzene rings is 1. The van der Waals surface area contributed by atoms with Crippen LogP contribution in [0.25, 0.3) is 0 Å². The Kier molecular flexibility index (Phi) is 4.61. The molecule has 0 spiro atoms. The van der Waals surface area contributed by atoms with Crippen LogP contribution < -0.4 is 11.1 Å². The lowest BCUT2D eigenvalue weighted by molar-refractivity contribution is -0.137. The minimum absolute atomic E-state index is 0.0191. The Hall–Kier alpha value is -2.82. The highest BCUT2D eigenvalue weighted by molar-refractivity contribution is 8.04. The Bertz CT molecular complexity index is 1050. The molecular weight excluding hydrogens is 422 g/mol. The smallest absolute Gasteiger partial charge is 0.404 e. The van der Waals surface area contributed by atoms with Gasteiger partial charge in [-0.3, -0.25) is 9.59 Å². The maximum absolute atomic E-state index is 13.7. The number of allylic oxidation sites excluding steroid dienone is 2. The molecule has 0 aromatic heterocycles. The van der Waals surface area contributed by atoms with E-state index in [1.54, 1.807) is 0 Å². The lowest BCUT2D eigenvalue weighted by Crippen LogP contribution is -2.55. The van der Waals surface area contributed by atoms with Crippen molar-refractivity contribution in [3.8, 4) is 0 Å². The zero-order chi connectivity index (χ0) is 21.9. The minimum atomic E-state index is -1.01. The number of carbonyl (C=O) groups excluding carboxylic acids is 3. The Morgan fingerprint density at radius 1 is 1.26 bits per heavy atom. The number of nitrogens with two attached hydrogens (primary N) is 1. The largest absolute Gasteiger partial charge is 0.491 e. The maximum Gasteiger partial charge on any atom is 0.404 e. The number of hydrogen-bond donors (Lipinski definition) is 2. The number of rotatable bonds is 6. The quantitative estimate of drug-likeness (QED) is 0.483. The van der Waals surface area contributed by atoms with Gasteiger partial charge in [0.15, 0.2) is 11.5 Å². The average molecular weight is 443 g/mol. The van der Waals surface area contributed by atoms with Gasteiger partial charge in [-0.25, -0.2) is 4.79 Å². The number of ether oxygens (including phenoxy) is 3. The van der Waals surface area contributed by atoms with Crippen molar-refractivity contribution in [2.45, 2.75) is 22.7 Å². The monoisotopic (exact) mass is 443 g/mol. The van der Waals surface area contributed by atoms with E-state index in [9.17, 15) is 14.4 Å². The van der Waals surface area contributed by atoms with Crippen molar-refractivity contribution < 1.29 is 28.6 Å². The molecule has 10 heteroatoms. The summed E-state index contributed by atoms with van der Waals surface area (Å²) >= 11 is 1.19. The van der Waals surface area contributed by atoms with Gasteiger partial charge in [0, 0.05) is 30.2 Å². The summed E-state index contributed by atoms with van der Waals surface area (Å²) in [5.41, 5.74) is 4.72. The zero-order valence-electron chi connectivity index (χ0n) is 16.9. The van der Waals surface area contributed by atoms with Crippen LogP contribution in [0.15, 0.2) is 57.2 Å². The molecule has 2 fully saturated rings. The molecule has 0 radical (unpaired) electrons. The Balaban J connectivity index is 1.60. The van der Waals surface area contributed by atoms with Crippen LogP contribution in [-0.2, 0) is 23.8 Å². The predicted octanol–water partition coefficient (Wildman–Crippen LogP) is 0.766. The molecule has 1 amide bonds. The van der Waals surface area contributed by atoms with E-state index in [0.29, 0.717) is 6.54 Å². The number of nitrogens with one attached hydrogen (secondary N) is 1. The Labute approximate surface area is 182 Å². The highest BCUT2D eigenvalue weighted by Gasteiger charge is 2.73. The number of ketones is 2. The number of amides is 1. The second kappa shape index (κ2) is 7.11. The van der Waals surface area contributed by atoms with Crippen LogP contribution in [0, 0.1) is 5.92 Å². The van der Waals surface area contributed by atoms with E-state index >= 15 is 0 Å². The lowest BCUT2D eigenvalue weighted by atomic mass is 9.84. The van der Waals surface area contributed by atoms with Gasteiger partial charge in [-0.05, 0) is 12.1 Å². The van der Waals surface area contributed by atoms with Crippen molar-refractivity contribution >= 4 is 29.4 Å². The van der Waals surface area contributed by atoms with Crippen molar-refractivity contribution in [3.63, 3.8) is 0 Å². The number of Topliss-reactive ketones (excluding diaryl/α,β-unsaturated/α-hetero) is 2.